The zero-order chi connectivity index (χ0) is 16.8. The first-order valence-corrected chi connectivity index (χ1v) is 6.32. The first-order valence-electron chi connectivity index (χ1n) is 6.32. The van der Waals surface area contributed by atoms with Gasteiger partial charge in [-0.05, 0) is 24.6 Å². The molecule has 0 fully saturated rings. The number of methoxy groups -OCH3 is 1. The topological polar surface area (TPSA) is 52.6 Å². The number of ketones is 1. The third kappa shape index (κ3) is 5.00. The standard InChI is InChI=1S/C15H15F3O4/c1-10(19)12(14(20)22-8-7-21-2)9-11-5-3-4-6-13(11)15(16,17)18/h3-6,9H,7-8H2,1-2H3. The Morgan fingerprint density at radius 3 is 2.36 bits per heavy atom. The van der Waals surface area contributed by atoms with Gasteiger partial charge in [0.05, 0.1) is 12.2 Å². The molecule has 0 saturated carbocycles. The minimum Gasteiger partial charge on any atom is -0.460 e. The first-order chi connectivity index (χ1) is 10.3. The molecule has 0 N–H and O–H groups in total. The van der Waals surface area contributed by atoms with Crippen LogP contribution < -0.4 is 0 Å². The lowest BCUT2D eigenvalue weighted by atomic mass is 10.0. The molecular formula is C15H15F3O4. The van der Waals surface area contributed by atoms with Gasteiger partial charge in [0.2, 0.25) is 0 Å². The highest BCUT2D eigenvalue weighted by Crippen LogP contribution is 2.32. The van der Waals surface area contributed by atoms with Gasteiger partial charge >= 0.3 is 12.1 Å². The number of hydrogen-bond donors (Lipinski definition) is 0. The van der Waals surface area contributed by atoms with E-state index in [-0.39, 0.29) is 18.8 Å². The lowest BCUT2D eigenvalue weighted by Gasteiger charge is -2.11. The highest BCUT2D eigenvalue weighted by Gasteiger charge is 2.33. The Kier molecular flexibility index (Phi) is 6.30. The van der Waals surface area contributed by atoms with E-state index >= 15 is 0 Å². The fraction of sp³-hybridized carbons (Fsp3) is 0.333. The average Bonchev–Trinajstić information content (AvgIpc) is 2.44. The fourth-order valence-electron chi connectivity index (χ4n) is 1.64. The van der Waals surface area contributed by atoms with Gasteiger partial charge in [-0.15, -0.1) is 0 Å². The molecule has 0 unspecified atom stereocenters. The van der Waals surface area contributed by atoms with Crippen molar-refractivity contribution in [2.24, 2.45) is 0 Å². The molecule has 22 heavy (non-hydrogen) atoms. The van der Waals surface area contributed by atoms with Crippen LogP contribution in [0.15, 0.2) is 29.8 Å². The Hall–Kier alpha value is -2.15. The van der Waals surface area contributed by atoms with Gasteiger partial charge in [-0.3, -0.25) is 4.79 Å². The molecular weight excluding hydrogens is 301 g/mol. The monoisotopic (exact) mass is 316 g/mol. The van der Waals surface area contributed by atoms with Crippen LogP contribution in [-0.2, 0) is 25.2 Å². The van der Waals surface area contributed by atoms with E-state index in [1.165, 1.54) is 25.3 Å². The SMILES string of the molecule is COCCOC(=O)C(=Cc1ccccc1C(F)(F)F)C(C)=O. The molecule has 0 heterocycles. The van der Waals surface area contributed by atoms with Gasteiger partial charge in [0.1, 0.15) is 12.2 Å². The van der Waals surface area contributed by atoms with Crippen molar-refractivity contribution in [2.45, 2.75) is 13.1 Å². The van der Waals surface area contributed by atoms with Crippen molar-refractivity contribution in [1.82, 2.24) is 0 Å². The third-order valence-electron chi connectivity index (χ3n) is 2.69. The van der Waals surface area contributed by atoms with Crippen molar-refractivity contribution in [1.29, 1.82) is 0 Å². The number of carbonyl (C=O) groups excluding carboxylic acids is 2. The van der Waals surface area contributed by atoms with E-state index in [9.17, 15) is 22.8 Å². The van der Waals surface area contributed by atoms with E-state index in [4.69, 9.17) is 4.74 Å². The van der Waals surface area contributed by atoms with Crippen molar-refractivity contribution in [3.63, 3.8) is 0 Å². The van der Waals surface area contributed by atoms with Crippen molar-refractivity contribution in [3.05, 3.63) is 41.0 Å². The molecule has 0 radical (unpaired) electrons. The van der Waals surface area contributed by atoms with E-state index < -0.39 is 29.1 Å². The number of ether oxygens (including phenoxy) is 2. The number of hydrogen-bond acceptors (Lipinski definition) is 4. The molecule has 1 aromatic rings. The fourth-order valence-corrected chi connectivity index (χ4v) is 1.64. The van der Waals surface area contributed by atoms with Crippen LogP contribution in [0.5, 0.6) is 0 Å². The Morgan fingerprint density at radius 2 is 1.82 bits per heavy atom. The van der Waals surface area contributed by atoms with Crippen LogP contribution in [-0.4, -0.2) is 32.1 Å². The van der Waals surface area contributed by atoms with Crippen molar-refractivity contribution in [2.75, 3.05) is 20.3 Å². The zero-order valence-electron chi connectivity index (χ0n) is 12.1. The normalized spacial score (nSPS) is 12.1. The van der Waals surface area contributed by atoms with E-state index in [0.29, 0.717) is 0 Å². The maximum Gasteiger partial charge on any atom is 0.416 e. The highest BCUT2D eigenvalue weighted by atomic mass is 19.4. The Labute approximate surface area is 125 Å². The van der Waals surface area contributed by atoms with Crippen LogP contribution >= 0.6 is 0 Å². The van der Waals surface area contributed by atoms with Crippen molar-refractivity contribution in [3.8, 4) is 0 Å². The smallest absolute Gasteiger partial charge is 0.416 e. The van der Waals surface area contributed by atoms with Crippen LogP contribution in [0.25, 0.3) is 6.08 Å². The van der Waals surface area contributed by atoms with Crippen molar-refractivity contribution < 1.29 is 32.2 Å². The number of carbonyl (C=O) groups is 2. The van der Waals surface area contributed by atoms with Crippen LogP contribution in [0.4, 0.5) is 13.2 Å². The van der Waals surface area contributed by atoms with E-state index in [0.717, 1.165) is 19.1 Å². The zero-order valence-corrected chi connectivity index (χ0v) is 12.1. The maximum atomic E-state index is 12.9. The van der Waals surface area contributed by atoms with E-state index in [2.05, 4.69) is 4.74 Å². The molecule has 0 atom stereocenters. The number of halogens is 3. The molecule has 0 saturated heterocycles. The van der Waals surface area contributed by atoms with Gasteiger partial charge in [0, 0.05) is 7.11 Å². The van der Waals surface area contributed by atoms with E-state index in [1.807, 2.05) is 0 Å². The number of alkyl halides is 3. The molecule has 0 bridgehead atoms. The van der Waals surface area contributed by atoms with Crippen molar-refractivity contribution >= 4 is 17.8 Å². The Balaban J connectivity index is 3.15. The summed E-state index contributed by atoms with van der Waals surface area (Å²) < 4.78 is 48.2. The summed E-state index contributed by atoms with van der Waals surface area (Å²) in [5.41, 5.74) is -1.66. The second-order valence-corrected chi connectivity index (χ2v) is 4.33. The summed E-state index contributed by atoms with van der Waals surface area (Å²) in [6.07, 6.45) is -3.70. The highest BCUT2D eigenvalue weighted by molar-refractivity contribution is 6.19. The number of Topliss-reactive ketones (excluding diaryl/α,β-unsaturated/α-hetero) is 1. The maximum absolute atomic E-state index is 12.9. The predicted molar refractivity (Wildman–Crippen MR) is 72.9 cm³/mol. The van der Waals surface area contributed by atoms with Crippen LogP contribution in [0, 0.1) is 0 Å². The van der Waals surface area contributed by atoms with Gasteiger partial charge in [-0.25, -0.2) is 4.79 Å². The molecule has 1 rings (SSSR count). The molecule has 0 aromatic heterocycles. The minimum atomic E-state index is -4.59. The summed E-state index contributed by atoms with van der Waals surface area (Å²) >= 11 is 0. The van der Waals surface area contributed by atoms with Gasteiger partial charge in [0.15, 0.2) is 5.78 Å². The number of esters is 1. The molecule has 0 spiro atoms. The lowest BCUT2D eigenvalue weighted by Crippen LogP contribution is -2.16. The van der Waals surface area contributed by atoms with Gasteiger partial charge in [-0.2, -0.15) is 13.2 Å². The predicted octanol–water partition coefficient (Wildman–Crippen LogP) is 2.87. The number of rotatable bonds is 6. The second-order valence-electron chi connectivity index (χ2n) is 4.33. The quantitative estimate of drug-likeness (QED) is 0.266. The van der Waals surface area contributed by atoms with Gasteiger partial charge < -0.3 is 9.47 Å². The summed E-state index contributed by atoms with van der Waals surface area (Å²) in [7, 11) is 1.40. The molecule has 7 heteroatoms. The van der Waals surface area contributed by atoms with Crippen LogP contribution in [0.1, 0.15) is 18.1 Å². The molecule has 0 amide bonds. The minimum absolute atomic E-state index is 0.0964. The molecule has 120 valence electrons. The summed E-state index contributed by atoms with van der Waals surface area (Å²) in [5, 5.41) is 0. The molecule has 0 aliphatic heterocycles. The second kappa shape index (κ2) is 7.74. The van der Waals surface area contributed by atoms with Crippen LogP contribution in [0.2, 0.25) is 0 Å². The molecule has 0 aliphatic rings. The molecule has 4 nitrogen and oxygen atoms in total. The van der Waals surface area contributed by atoms with Crippen LogP contribution in [0.3, 0.4) is 0 Å². The summed E-state index contributed by atoms with van der Waals surface area (Å²) in [4.78, 5) is 23.3. The summed E-state index contributed by atoms with van der Waals surface area (Å²) in [6, 6.07) is 4.66. The average molecular weight is 316 g/mol. The van der Waals surface area contributed by atoms with E-state index in [1.54, 1.807) is 0 Å². The largest absolute Gasteiger partial charge is 0.460 e. The molecule has 1 aromatic carbocycles. The first kappa shape index (κ1) is 17.9. The third-order valence-corrected chi connectivity index (χ3v) is 2.69. The van der Waals surface area contributed by atoms with Gasteiger partial charge in [-0.1, -0.05) is 18.2 Å². The molecule has 0 aliphatic carbocycles. The Bertz CT molecular complexity index is 576. The Morgan fingerprint density at radius 1 is 1.18 bits per heavy atom. The van der Waals surface area contributed by atoms with Gasteiger partial charge in [0.25, 0.3) is 0 Å². The summed E-state index contributed by atoms with van der Waals surface area (Å²) in [6.45, 7) is 1.11. The summed E-state index contributed by atoms with van der Waals surface area (Å²) in [5.74, 6) is -1.67. The number of benzene rings is 1. The lowest BCUT2D eigenvalue weighted by molar-refractivity contribution is -0.141.